The lowest BCUT2D eigenvalue weighted by Gasteiger charge is -2.09. The minimum atomic E-state index is -0.419. The highest BCUT2D eigenvalue weighted by Gasteiger charge is 2.06. The van der Waals surface area contributed by atoms with Crippen molar-refractivity contribution in [1.29, 1.82) is 0 Å². The number of carbonyl (C=O) groups excluding carboxylic acids is 2. The molecule has 0 spiro atoms. The summed E-state index contributed by atoms with van der Waals surface area (Å²) >= 11 is 0. The number of amides is 2. The van der Waals surface area contributed by atoms with E-state index in [0.29, 0.717) is 29.5 Å². The molecule has 0 heterocycles. The van der Waals surface area contributed by atoms with Gasteiger partial charge in [0.2, 0.25) is 5.91 Å². The summed E-state index contributed by atoms with van der Waals surface area (Å²) in [5.41, 5.74) is 4.66. The molecule has 3 rings (SSSR count). The normalized spacial score (nSPS) is 10.8. The molecule has 0 aliphatic heterocycles. The van der Waals surface area contributed by atoms with Gasteiger partial charge in [0, 0.05) is 11.4 Å². The van der Waals surface area contributed by atoms with E-state index >= 15 is 0 Å². The van der Waals surface area contributed by atoms with E-state index in [9.17, 15) is 9.59 Å². The minimum Gasteiger partial charge on any atom is -0.489 e. The average Bonchev–Trinajstić information content (AvgIpc) is 2.82. The van der Waals surface area contributed by atoms with E-state index in [1.165, 1.54) is 0 Å². The Balaban J connectivity index is 1.37. The topological polar surface area (TPSA) is 89.0 Å². The fourth-order valence-electron chi connectivity index (χ4n) is 2.71. The average molecular weight is 431 g/mol. The van der Waals surface area contributed by atoms with Crippen LogP contribution in [0.1, 0.15) is 18.9 Å². The van der Waals surface area contributed by atoms with E-state index in [1.807, 2.05) is 48.5 Å². The van der Waals surface area contributed by atoms with Crippen molar-refractivity contribution in [2.24, 2.45) is 5.10 Å². The molecule has 164 valence electrons. The van der Waals surface area contributed by atoms with Gasteiger partial charge in [0.15, 0.2) is 6.61 Å². The zero-order chi connectivity index (χ0) is 22.6. The highest BCUT2D eigenvalue weighted by atomic mass is 16.5. The van der Waals surface area contributed by atoms with Gasteiger partial charge in [0.1, 0.15) is 18.1 Å². The predicted molar refractivity (Wildman–Crippen MR) is 124 cm³/mol. The number of nitrogens with one attached hydrogen (secondary N) is 2. The van der Waals surface area contributed by atoms with E-state index in [2.05, 4.69) is 15.8 Å². The summed E-state index contributed by atoms with van der Waals surface area (Å²) in [5.74, 6) is 0.615. The number of carbonyl (C=O) groups is 2. The third-order valence-electron chi connectivity index (χ3n) is 4.29. The van der Waals surface area contributed by atoms with Crippen molar-refractivity contribution in [2.45, 2.75) is 20.0 Å². The summed E-state index contributed by atoms with van der Waals surface area (Å²) in [5, 5.41) is 6.70. The van der Waals surface area contributed by atoms with Crippen molar-refractivity contribution in [3.05, 3.63) is 90.5 Å². The Hall–Kier alpha value is -4.13. The number of rotatable bonds is 10. The van der Waals surface area contributed by atoms with E-state index in [0.717, 1.165) is 5.56 Å². The summed E-state index contributed by atoms with van der Waals surface area (Å²) in [6, 6.07) is 26.0. The molecular formula is C25H25N3O4. The first kappa shape index (κ1) is 22.6. The number of para-hydroxylation sites is 1. The lowest BCUT2D eigenvalue weighted by molar-refractivity contribution is -0.123. The van der Waals surface area contributed by atoms with Crippen LogP contribution < -0.4 is 20.2 Å². The van der Waals surface area contributed by atoms with Crippen molar-refractivity contribution >= 4 is 23.2 Å². The van der Waals surface area contributed by atoms with Crippen LogP contribution in [0, 0.1) is 0 Å². The minimum absolute atomic E-state index is 0.0699. The Morgan fingerprint density at radius 3 is 2.03 bits per heavy atom. The highest BCUT2D eigenvalue weighted by molar-refractivity contribution is 6.05. The summed E-state index contributed by atoms with van der Waals surface area (Å²) in [6.07, 6.45) is 0.0699. The Morgan fingerprint density at radius 1 is 0.781 bits per heavy atom. The summed E-state index contributed by atoms with van der Waals surface area (Å²) in [7, 11) is 0. The van der Waals surface area contributed by atoms with Crippen LogP contribution in [-0.4, -0.2) is 24.1 Å². The zero-order valence-corrected chi connectivity index (χ0v) is 17.8. The van der Waals surface area contributed by atoms with Crippen molar-refractivity contribution < 1.29 is 19.1 Å². The highest BCUT2D eigenvalue weighted by Crippen LogP contribution is 2.18. The smallest absolute Gasteiger partial charge is 0.277 e. The first-order chi connectivity index (χ1) is 15.6. The molecule has 0 aromatic heterocycles. The van der Waals surface area contributed by atoms with Gasteiger partial charge in [-0.2, -0.15) is 5.10 Å². The molecule has 0 unspecified atom stereocenters. The largest absolute Gasteiger partial charge is 0.489 e. The van der Waals surface area contributed by atoms with Gasteiger partial charge in [0.05, 0.1) is 6.42 Å². The lowest BCUT2D eigenvalue weighted by Crippen LogP contribution is -2.26. The molecule has 2 amide bonds. The first-order valence-corrected chi connectivity index (χ1v) is 10.1. The fraction of sp³-hybridized carbons (Fsp3) is 0.160. The first-order valence-electron chi connectivity index (χ1n) is 10.1. The molecule has 0 fully saturated rings. The second-order valence-corrected chi connectivity index (χ2v) is 7.01. The van der Waals surface area contributed by atoms with Crippen molar-refractivity contribution in [2.75, 3.05) is 11.9 Å². The van der Waals surface area contributed by atoms with Crippen LogP contribution in [0.4, 0.5) is 5.69 Å². The summed E-state index contributed by atoms with van der Waals surface area (Å²) < 4.78 is 11.2. The SMILES string of the molecule is CC(CC(=O)Nc1ccccc1)=NNC(=O)COc1ccc(OCc2ccccc2)cc1. The Morgan fingerprint density at radius 2 is 1.38 bits per heavy atom. The van der Waals surface area contributed by atoms with Gasteiger partial charge < -0.3 is 14.8 Å². The lowest BCUT2D eigenvalue weighted by atomic mass is 10.2. The Labute approximate surface area is 187 Å². The van der Waals surface area contributed by atoms with Gasteiger partial charge in [-0.1, -0.05) is 48.5 Å². The predicted octanol–water partition coefficient (Wildman–Crippen LogP) is 4.17. The molecule has 7 nitrogen and oxygen atoms in total. The maximum atomic E-state index is 12.0. The molecule has 3 aromatic carbocycles. The van der Waals surface area contributed by atoms with E-state index in [1.54, 1.807) is 43.3 Å². The molecule has 0 saturated carbocycles. The molecule has 0 saturated heterocycles. The second-order valence-electron chi connectivity index (χ2n) is 7.01. The quantitative estimate of drug-likeness (QED) is 0.373. The van der Waals surface area contributed by atoms with Gasteiger partial charge in [-0.3, -0.25) is 9.59 Å². The molecule has 7 heteroatoms. The van der Waals surface area contributed by atoms with Gasteiger partial charge in [0.25, 0.3) is 5.91 Å². The van der Waals surface area contributed by atoms with E-state index < -0.39 is 5.91 Å². The molecule has 0 aliphatic rings. The standard InChI is InChI=1S/C25H25N3O4/c1-19(16-24(29)26-21-10-6-3-7-11-21)27-28-25(30)18-32-23-14-12-22(13-15-23)31-17-20-8-4-2-5-9-20/h2-15H,16-18H2,1H3,(H,26,29)(H,28,30). The van der Waals surface area contributed by atoms with Crippen LogP contribution >= 0.6 is 0 Å². The number of anilines is 1. The maximum absolute atomic E-state index is 12.0. The van der Waals surface area contributed by atoms with Crippen molar-refractivity contribution in [3.63, 3.8) is 0 Å². The molecule has 0 radical (unpaired) electrons. The fourth-order valence-corrected chi connectivity index (χ4v) is 2.71. The van der Waals surface area contributed by atoms with E-state index in [-0.39, 0.29) is 18.9 Å². The molecule has 32 heavy (non-hydrogen) atoms. The van der Waals surface area contributed by atoms with Crippen molar-refractivity contribution in [1.82, 2.24) is 5.43 Å². The molecule has 0 bridgehead atoms. The van der Waals surface area contributed by atoms with Gasteiger partial charge in [-0.15, -0.1) is 0 Å². The molecule has 0 aliphatic carbocycles. The summed E-state index contributed by atoms with van der Waals surface area (Å²) in [6.45, 7) is 1.95. The Bertz CT molecular complexity index is 1040. The molecule has 0 atom stereocenters. The number of hydrazone groups is 1. The van der Waals surface area contributed by atoms with Crippen LogP contribution in [0.15, 0.2) is 90.0 Å². The molecule has 3 aromatic rings. The second kappa shape index (κ2) is 11.9. The monoisotopic (exact) mass is 431 g/mol. The van der Waals surface area contributed by atoms with Crippen LogP contribution in [0.2, 0.25) is 0 Å². The maximum Gasteiger partial charge on any atom is 0.277 e. The van der Waals surface area contributed by atoms with Crippen LogP contribution in [0.5, 0.6) is 11.5 Å². The number of benzene rings is 3. The number of ether oxygens (including phenoxy) is 2. The van der Waals surface area contributed by atoms with Crippen molar-refractivity contribution in [3.8, 4) is 11.5 Å². The zero-order valence-electron chi connectivity index (χ0n) is 17.8. The molecular weight excluding hydrogens is 406 g/mol. The number of nitrogens with zero attached hydrogens (tertiary/aromatic N) is 1. The van der Waals surface area contributed by atoms with Crippen LogP contribution in [0.25, 0.3) is 0 Å². The van der Waals surface area contributed by atoms with Crippen LogP contribution in [0.3, 0.4) is 0 Å². The van der Waals surface area contributed by atoms with Crippen LogP contribution in [-0.2, 0) is 16.2 Å². The summed E-state index contributed by atoms with van der Waals surface area (Å²) in [4.78, 5) is 23.9. The third kappa shape index (κ3) is 7.95. The van der Waals surface area contributed by atoms with Gasteiger partial charge in [-0.25, -0.2) is 5.43 Å². The molecule has 2 N–H and O–H groups in total. The third-order valence-corrected chi connectivity index (χ3v) is 4.29. The van der Waals surface area contributed by atoms with Gasteiger partial charge >= 0.3 is 0 Å². The Kier molecular flexibility index (Phi) is 8.39. The number of hydrogen-bond donors (Lipinski definition) is 2. The van der Waals surface area contributed by atoms with Gasteiger partial charge in [-0.05, 0) is 48.9 Å². The van der Waals surface area contributed by atoms with E-state index in [4.69, 9.17) is 9.47 Å². The number of hydrogen-bond acceptors (Lipinski definition) is 5.